The number of carbonyl (C=O) groups is 1. The average Bonchev–Trinajstić information content (AvgIpc) is 2.98. The number of hydrogen-bond acceptors (Lipinski definition) is 3. The second kappa shape index (κ2) is 6.70. The minimum atomic E-state index is -0.307. The zero-order chi connectivity index (χ0) is 17.1. The Balaban J connectivity index is 1.80. The quantitative estimate of drug-likeness (QED) is 0.721. The molecule has 124 valence electrons. The summed E-state index contributed by atoms with van der Waals surface area (Å²) in [4.78, 5) is 18.0. The van der Waals surface area contributed by atoms with E-state index in [1.54, 1.807) is 42.5 Å². The molecule has 5 nitrogen and oxygen atoms in total. The van der Waals surface area contributed by atoms with Crippen LogP contribution in [0.1, 0.15) is 6.92 Å². The number of benzene rings is 2. The summed E-state index contributed by atoms with van der Waals surface area (Å²) in [6.07, 6.45) is 1.65. The number of rotatable bonds is 5. The molecule has 1 heterocycles. The molecule has 2 aromatic carbocycles. The molecule has 0 fully saturated rings. The Hall–Kier alpha value is -2.89. The number of nitrogens with zero attached hydrogens (tertiary/aromatic N) is 3. The number of imidazole rings is 1. The summed E-state index contributed by atoms with van der Waals surface area (Å²) in [6.45, 7) is 2.85. The monoisotopic (exact) mass is 327 g/mol. The Morgan fingerprint density at radius 3 is 2.62 bits per heavy atom. The summed E-state index contributed by atoms with van der Waals surface area (Å²) in [5.41, 5.74) is 1.60. The fourth-order valence-electron chi connectivity index (χ4n) is 2.31. The van der Waals surface area contributed by atoms with Crippen molar-refractivity contribution in [1.29, 1.82) is 0 Å². The fourth-order valence-corrected chi connectivity index (χ4v) is 2.31. The van der Waals surface area contributed by atoms with E-state index in [0.717, 1.165) is 11.0 Å². The molecule has 0 radical (unpaired) electrons. The third kappa shape index (κ3) is 3.37. The number of fused-ring (bicyclic) bond motifs is 1. The molecule has 24 heavy (non-hydrogen) atoms. The second-order valence-electron chi connectivity index (χ2n) is 5.49. The van der Waals surface area contributed by atoms with E-state index in [0.29, 0.717) is 18.0 Å². The summed E-state index contributed by atoms with van der Waals surface area (Å²) in [5.74, 6) is 0.882. The molecule has 6 heteroatoms. The lowest BCUT2D eigenvalue weighted by molar-refractivity contribution is -0.130. The van der Waals surface area contributed by atoms with Crippen molar-refractivity contribution in [2.45, 2.75) is 13.5 Å². The van der Waals surface area contributed by atoms with Gasteiger partial charge in [-0.1, -0.05) is 0 Å². The standard InChI is InChI=1S/C18H18FN3O2/c1-3-21(2)18(23)11-22-12-20-16-10-15(8-9-17(16)22)24-14-6-4-13(19)5-7-14/h4-10,12H,3,11H2,1-2H3. The third-order valence-corrected chi connectivity index (χ3v) is 3.85. The maximum Gasteiger partial charge on any atom is 0.242 e. The molecule has 0 aliphatic rings. The molecule has 0 bridgehead atoms. The van der Waals surface area contributed by atoms with Gasteiger partial charge in [0.1, 0.15) is 23.9 Å². The third-order valence-electron chi connectivity index (χ3n) is 3.85. The van der Waals surface area contributed by atoms with Crippen LogP contribution in [-0.4, -0.2) is 34.0 Å². The highest BCUT2D eigenvalue weighted by Crippen LogP contribution is 2.25. The van der Waals surface area contributed by atoms with Crippen LogP contribution in [0.2, 0.25) is 0 Å². The van der Waals surface area contributed by atoms with Crippen molar-refractivity contribution in [3.63, 3.8) is 0 Å². The maximum absolute atomic E-state index is 12.9. The Bertz CT molecular complexity index is 858. The van der Waals surface area contributed by atoms with Crippen molar-refractivity contribution in [2.24, 2.45) is 0 Å². The minimum Gasteiger partial charge on any atom is -0.457 e. The van der Waals surface area contributed by atoms with Gasteiger partial charge in [-0.25, -0.2) is 9.37 Å². The van der Waals surface area contributed by atoms with Crippen LogP contribution >= 0.6 is 0 Å². The van der Waals surface area contributed by atoms with Crippen LogP contribution in [0, 0.1) is 5.82 Å². The van der Waals surface area contributed by atoms with Crippen molar-refractivity contribution >= 4 is 16.9 Å². The summed E-state index contributed by atoms with van der Waals surface area (Å²) in [6, 6.07) is 11.3. The van der Waals surface area contributed by atoms with E-state index in [1.165, 1.54) is 12.1 Å². The number of carbonyl (C=O) groups excluding carboxylic acids is 1. The van der Waals surface area contributed by atoms with Crippen LogP contribution in [0.15, 0.2) is 48.8 Å². The zero-order valence-corrected chi connectivity index (χ0v) is 13.6. The highest BCUT2D eigenvalue weighted by Gasteiger charge is 2.11. The topological polar surface area (TPSA) is 47.4 Å². The number of halogens is 1. The molecule has 0 atom stereocenters. The van der Waals surface area contributed by atoms with Crippen LogP contribution < -0.4 is 4.74 Å². The zero-order valence-electron chi connectivity index (χ0n) is 13.6. The van der Waals surface area contributed by atoms with Crippen LogP contribution in [0.25, 0.3) is 11.0 Å². The first-order chi connectivity index (χ1) is 11.6. The number of amides is 1. The highest BCUT2D eigenvalue weighted by molar-refractivity contribution is 5.81. The number of ether oxygens (including phenoxy) is 1. The van der Waals surface area contributed by atoms with Gasteiger partial charge < -0.3 is 14.2 Å². The van der Waals surface area contributed by atoms with Gasteiger partial charge in [0, 0.05) is 19.7 Å². The Labute approximate surface area is 139 Å². The van der Waals surface area contributed by atoms with E-state index in [2.05, 4.69) is 4.98 Å². The molecule has 0 spiro atoms. The molecule has 0 N–H and O–H groups in total. The van der Waals surface area contributed by atoms with E-state index < -0.39 is 0 Å². The first-order valence-corrected chi connectivity index (χ1v) is 7.69. The molecule has 0 saturated carbocycles. The molecule has 3 rings (SSSR count). The van der Waals surface area contributed by atoms with Crippen LogP contribution in [0.3, 0.4) is 0 Å². The van der Waals surface area contributed by atoms with Gasteiger partial charge in [0.15, 0.2) is 0 Å². The molecule has 0 aliphatic carbocycles. The number of likely N-dealkylation sites (N-methyl/N-ethyl adjacent to an activating group) is 1. The lowest BCUT2D eigenvalue weighted by atomic mass is 10.3. The molecule has 0 aliphatic heterocycles. The van der Waals surface area contributed by atoms with Gasteiger partial charge in [0.2, 0.25) is 5.91 Å². The normalized spacial score (nSPS) is 10.8. The Morgan fingerprint density at radius 1 is 1.21 bits per heavy atom. The van der Waals surface area contributed by atoms with Gasteiger partial charge >= 0.3 is 0 Å². The summed E-state index contributed by atoms with van der Waals surface area (Å²) in [7, 11) is 1.77. The van der Waals surface area contributed by atoms with Gasteiger partial charge in [0.25, 0.3) is 0 Å². The van der Waals surface area contributed by atoms with Crippen LogP contribution in [0.5, 0.6) is 11.5 Å². The van der Waals surface area contributed by atoms with E-state index >= 15 is 0 Å². The molecule has 1 amide bonds. The van der Waals surface area contributed by atoms with E-state index in [-0.39, 0.29) is 18.3 Å². The Kier molecular flexibility index (Phi) is 4.46. The average molecular weight is 327 g/mol. The van der Waals surface area contributed by atoms with Gasteiger partial charge in [-0.05, 0) is 43.3 Å². The van der Waals surface area contributed by atoms with Crippen molar-refractivity contribution in [2.75, 3.05) is 13.6 Å². The maximum atomic E-state index is 12.9. The van der Waals surface area contributed by atoms with Gasteiger partial charge in [-0.3, -0.25) is 4.79 Å². The number of aromatic nitrogens is 2. The molecular formula is C18H18FN3O2. The predicted molar refractivity (Wildman–Crippen MR) is 89.5 cm³/mol. The van der Waals surface area contributed by atoms with Gasteiger partial charge in [-0.15, -0.1) is 0 Å². The minimum absolute atomic E-state index is 0.0310. The summed E-state index contributed by atoms with van der Waals surface area (Å²) < 4.78 is 20.4. The second-order valence-corrected chi connectivity index (χ2v) is 5.49. The van der Waals surface area contributed by atoms with Crippen molar-refractivity contribution in [3.05, 3.63) is 54.6 Å². The SMILES string of the molecule is CCN(C)C(=O)Cn1cnc2cc(Oc3ccc(F)cc3)ccc21. The first kappa shape index (κ1) is 16.0. The largest absolute Gasteiger partial charge is 0.457 e. The van der Waals surface area contributed by atoms with Crippen LogP contribution in [0.4, 0.5) is 4.39 Å². The number of hydrogen-bond donors (Lipinski definition) is 0. The molecular weight excluding hydrogens is 309 g/mol. The first-order valence-electron chi connectivity index (χ1n) is 7.69. The van der Waals surface area contributed by atoms with Crippen molar-refractivity contribution in [3.8, 4) is 11.5 Å². The molecule has 0 saturated heterocycles. The van der Waals surface area contributed by atoms with Gasteiger partial charge in [-0.2, -0.15) is 0 Å². The van der Waals surface area contributed by atoms with Crippen molar-refractivity contribution in [1.82, 2.24) is 14.5 Å². The molecule has 3 aromatic rings. The summed E-state index contributed by atoms with van der Waals surface area (Å²) in [5, 5.41) is 0. The molecule has 1 aromatic heterocycles. The van der Waals surface area contributed by atoms with Gasteiger partial charge in [0.05, 0.1) is 17.4 Å². The molecule has 0 unspecified atom stereocenters. The summed E-state index contributed by atoms with van der Waals surface area (Å²) >= 11 is 0. The van der Waals surface area contributed by atoms with E-state index in [4.69, 9.17) is 4.74 Å². The highest BCUT2D eigenvalue weighted by atomic mass is 19.1. The van der Waals surface area contributed by atoms with E-state index in [9.17, 15) is 9.18 Å². The predicted octanol–water partition coefficient (Wildman–Crippen LogP) is 3.45. The smallest absolute Gasteiger partial charge is 0.242 e. The fraction of sp³-hybridized carbons (Fsp3) is 0.222. The lowest BCUT2D eigenvalue weighted by Gasteiger charge is -2.14. The Morgan fingerprint density at radius 2 is 1.92 bits per heavy atom. The van der Waals surface area contributed by atoms with E-state index in [1.807, 2.05) is 17.6 Å². The van der Waals surface area contributed by atoms with Crippen molar-refractivity contribution < 1.29 is 13.9 Å². The van der Waals surface area contributed by atoms with Crippen LogP contribution in [-0.2, 0) is 11.3 Å². The lowest BCUT2D eigenvalue weighted by Crippen LogP contribution is -2.29.